The van der Waals surface area contributed by atoms with Gasteiger partial charge in [-0.25, -0.2) is 4.57 Å². The molecule has 3 nitrogen and oxygen atoms in total. The van der Waals surface area contributed by atoms with Crippen molar-refractivity contribution in [2.24, 2.45) is 0 Å². The zero-order valence-corrected chi connectivity index (χ0v) is 14.9. The van der Waals surface area contributed by atoms with E-state index in [1.165, 1.54) is 11.8 Å². The van der Waals surface area contributed by atoms with Crippen molar-refractivity contribution in [3.8, 4) is 11.5 Å². The molecule has 0 aliphatic carbocycles. The van der Waals surface area contributed by atoms with Crippen LogP contribution in [-0.4, -0.2) is 9.19 Å². The lowest BCUT2D eigenvalue weighted by Crippen LogP contribution is -2.09. The molecule has 0 fully saturated rings. The molecule has 0 saturated heterocycles. The number of para-hydroxylation sites is 2. The lowest BCUT2D eigenvalue weighted by Gasteiger charge is -2.21. The van der Waals surface area contributed by atoms with E-state index in [4.69, 9.17) is 21.3 Å². The summed E-state index contributed by atoms with van der Waals surface area (Å²) in [4.78, 5) is 0. The predicted octanol–water partition coefficient (Wildman–Crippen LogP) is 5.76. The highest BCUT2D eigenvalue weighted by molar-refractivity contribution is 8.35. The summed E-state index contributed by atoms with van der Waals surface area (Å²) in [5, 5.41) is 0.194. The van der Waals surface area contributed by atoms with Gasteiger partial charge in [0, 0.05) is 5.25 Å². The smallest absolute Gasteiger partial charge is 0.412 e. The summed E-state index contributed by atoms with van der Waals surface area (Å²) in [6.45, 7) is 3.96. The molecule has 0 unspecified atom stereocenters. The van der Waals surface area contributed by atoms with E-state index >= 15 is 0 Å². The van der Waals surface area contributed by atoms with Gasteiger partial charge in [0.05, 0.1) is 0 Å². The Balaban J connectivity index is 2.27. The molecule has 0 saturated carbocycles. The minimum absolute atomic E-state index is 0.194. The molecule has 0 amide bonds. The lowest BCUT2D eigenvalue weighted by atomic mass is 10.3. The van der Waals surface area contributed by atoms with Crippen LogP contribution in [0.3, 0.4) is 0 Å². The maximum absolute atomic E-state index is 13.2. The molecule has 2 aromatic carbocycles. The molecule has 0 aromatic heterocycles. The molecule has 6 heteroatoms. The Hall–Kier alpha value is -1.29. The number of thiocarbonyl (C=S) groups is 1. The zero-order chi connectivity index (χ0) is 16.0. The first-order valence-electron chi connectivity index (χ1n) is 6.80. The van der Waals surface area contributed by atoms with E-state index in [9.17, 15) is 4.57 Å². The largest absolute Gasteiger partial charge is 0.480 e. The lowest BCUT2D eigenvalue weighted by molar-refractivity contribution is 0.404. The van der Waals surface area contributed by atoms with Gasteiger partial charge in [-0.2, -0.15) is 0 Å². The third-order valence-electron chi connectivity index (χ3n) is 2.50. The third-order valence-corrected chi connectivity index (χ3v) is 6.47. The standard InChI is InChI=1S/C16H17O3PS2/c1-13(2)22-16(21)20(17,18-14-9-5-3-6-10-14)19-15-11-7-4-8-12-15/h3-13H,1-2H3. The summed E-state index contributed by atoms with van der Waals surface area (Å²) in [6, 6.07) is 17.8. The van der Waals surface area contributed by atoms with Crippen LogP contribution in [0.15, 0.2) is 60.7 Å². The first-order chi connectivity index (χ1) is 10.5. The van der Waals surface area contributed by atoms with Gasteiger partial charge < -0.3 is 9.05 Å². The molecular weight excluding hydrogens is 335 g/mol. The van der Waals surface area contributed by atoms with Gasteiger partial charge in [0.2, 0.25) is 0 Å². The topological polar surface area (TPSA) is 35.5 Å². The molecule has 2 rings (SSSR count). The van der Waals surface area contributed by atoms with Crippen LogP contribution in [0.4, 0.5) is 0 Å². The monoisotopic (exact) mass is 352 g/mol. The second-order valence-corrected chi connectivity index (χ2v) is 9.40. The Bertz CT molecular complexity index is 614. The van der Waals surface area contributed by atoms with Crippen LogP contribution < -0.4 is 9.05 Å². The van der Waals surface area contributed by atoms with Gasteiger partial charge in [-0.3, -0.25) is 0 Å². The molecule has 0 aliphatic rings. The van der Waals surface area contributed by atoms with Gasteiger partial charge in [0.1, 0.15) is 11.5 Å². The Kier molecular flexibility index (Phi) is 6.07. The molecule has 0 atom stereocenters. The molecule has 116 valence electrons. The first-order valence-corrected chi connectivity index (χ1v) is 9.63. The molecule has 0 aliphatic heterocycles. The van der Waals surface area contributed by atoms with Crippen molar-refractivity contribution in [1.82, 2.24) is 0 Å². The Labute approximate surface area is 140 Å². The van der Waals surface area contributed by atoms with Crippen molar-refractivity contribution in [3.05, 3.63) is 60.7 Å². The van der Waals surface area contributed by atoms with Crippen LogP contribution in [0.2, 0.25) is 0 Å². The second-order valence-electron chi connectivity index (χ2n) is 4.74. The van der Waals surface area contributed by atoms with E-state index in [1.54, 1.807) is 48.5 Å². The van der Waals surface area contributed by atoms with Crippen LogP contribution in [0.5, 0.6) is 11.5 Å². The molecule has 0 bridgehead atoms. The summed E-state index contributed by atoms with van der Waals surface area (Å²) in [6.07, 6.45) is 0. The summed E-state index contributed by atoms with van der Waals surface area (Å²) >= 11 is 6.63. The van der Waals surface area contributed by atoms with Gasteiger partial charge in [-0.1, -0.05) is 62.5 Å². The fraction of sp³-hybridized carbons (Fsp3) is 0.188. The van der Waals surface area contributed by atoms with Crippen LogP contribution in [0.25, 0.3) is 0 Å². The molecule has 0 spiro atoms. The van der Waals surface area contributed by atoms with Crippen molar-refractivity contribution >= 4 is 35.5 Å². The fourth-order valence-electron chi connectivity index (χ4n) is 1.60. The summed E-state index contributed by atoms with van der Waals surface area (Å²) in [5.41, 5.74) is 0. The minimum atomic E-state index is -3.61. The van der Waals surface area contributed by atoms with Gasteiger partial charge in [0.25, 0.3) is 0 Å². The summed E-state index contributed by atoms with van der Waals surface area (Å²) < 4.78 is 24.7. The maximum atomic E-state index is 13.2. The van der Waals surface area contributed by atoms with Crippen LogP contribution >= 0.6 is 31.6 Å². The van der Waals surface area contributed by atoms with Crippen LogP contribution in [0, 0.1) is 0 Å². The zero-order valence-electron chi connectivity index (χ0n) is 12.3. The summed E-state index contributed by atoms with van der Waals surface area (Å²) in [7, 11) is -3.61. The van der Waals surface area contributed by atoms with Gasteiger partial charge in [-0.05, 0) is 24.3 Å². The number of hydrogen-bond acceptors (Lipinski definition) is 5. The van der Waals surface area contributed by atoms with Crippen molar-refractivity contribution < 1.29 is 13.6 Å². The van der Waals surface area contributed by atoms with Crippen molar-refractivity contribution in [2.45, 2.75) is 19.1 Å². The minimum Gasteiger partial charge on any atom is -0.412 e. The van der Waals surface area contributed by atoms with E-state index < -0.39 is 7.60 Å². The SMILES string of the molecule is CC(C)SC(=S)P(=O)(Oc1ccccc1)Oc1ccccc1. The Morgan fingerprint density at radius 2 is 1.36 bits per heavy atom. The molecule has 0 N–H and O–H groups in total. The Morgan fingerprint density at radius 3 is 1.73 bits per heavy atom. The van der Waals surface area contributed by atoms with E-state index in [-0.39, 0.29) is 9.19 Å². The van der Waals surface area contributed by atoms with E-state index in [1.807, 2.05) is 26.0 Å². The average Bonchev–Trinajstić information content (AvgIpc) is 2.48. The van der Waals surface area contributed by atoms with Crippen LogP contribution in [-0.2, 0) is 4.57 Å². The number of thioether (sulfide) groups is 1. The van der Waals surface area contributed by atoms with E-state index in [2.05, 4.69) is 0 Å². The quantitative estimate of drug-likeness (QED) is 0.487. The summed E-state index contributed by atoms with van der Waals surface area (Å²) in [5.74, 6) is 0.932. The molecular formula is C16H17O3PS2. The molecule has 0 radical (unpaired) electrons. The first kappa shape index (κ1) is 17.1. The predicted molar refractivity (Wildman–Crippen MR) is 97.1 cm³/mol. The number of hydrogen-bond donors (Lipinski definition) is 0. The average molecular weight is 352 g/mol. The van der Waals surface area contributed by atoms with E-state index in [0.29, 0.717) is 11.5 Å². The van der Waals surface area contributed by atoms with Crippen molar-refractivity contribution in [1.29, 1.82) is 0 Å². The highest BCUT2D eigenvalue weighted by atomic mass is 32.2. The Morgan fingerprint density at radius 1 is 0.955 bits per heavy atom. The molecule has 22 heavy (non-hydrogen) atoms. The van der Waals surface area contributed by atoms with E-state index in [0.717, 1.165) is 0 Å². The molecule has 0 heterocycles. The number of rotatable bonds is 6. The highest BCUT2D eigenvalue weighted by Crippen LogP contribution is 2.53. The highest BCUT2D eigenvalue weighted by Gasteiger charge is 2.35. The van der Waals surface area contributed by atoms with Gasteiger partial charge in [0.15, 0.2) is 3.94 Å². The van der Waals surface area contributed by atoms with Crippen LogP contribution in [0.1, 0.15) is 13.8 Å². The maximum Gasteiger partial charge on any atom is 0.480 e. The van der Waals surface area contributed by atoms with Gasteiger partial charge in [-0.15, -0.1) is 11.8 Å². The molecule has 2 aromatic rings. The van der Waals surface area contributed by atoms with Gasteiger partial charge >= 0.3 is 7.60 Å². The van der Waals surface area contributed by atoms with Crippen molar-refractivity contribution in [3.63, 3.8) is 0 Å². The second kappa shape index (κ2) is 7.82. The number of benzene rings is 2. The third kappa shape index (κ3) is 4.87. The fourth-order valence-corrected chi connectivity index (χ4v) is 5.16. The normalized spacial score (nSPS) is 11.2. The van der Waals surface area contributed by atoms with Crippen molar-refractivity contribution in [2.75, 3.05) is 0 Å².